The molecule has 3 nitrogen and oxygen atoms in total. The zero-order valence-corrected chi connectivity index (χ0v) is 19.5. The summed E-state index contributed by atoms with van der Waals surface area (Å²) in [6, 6.07) is 11.8. The molecule has 0 aliphatic heterocycles. The Morgan fingerprint density at radius 1 is 0.742 bits per heavy atom. The smallest absolute Gasteiger partial charge is 0.137 e. The first-order valence-corrected chi connectivity index (χ1v) is 12.2. The number of rotatable bonds is 17. The molecule has 4 heteroatoms. The van der Waals surface area contributed by atoms with Crippen molar-refractivity contribution in [1.82, 2.24) is 4.98 Å². The van der Waals surface area contributed by atoms with Gasteiger partial charge in [0.05, 0.1) is 18.5 Å². The number of ether oxygens (including phenoxy) is 2. The molecule has 0 aliphatic carbocycles. The summed E-state index contributed by atoms with van der Waals surface area (Å²) < 4.78 is 25.1. The van der Waals surface area contributed by atoms with Crippen molar-refractivity contribution in [1.29, 1.82) is 0 Å². The van der Waals surface area contributed by atoms with Crippen LogP contribution in [0.15, 0.2) is 42.6 Å². The van der Waals surface area contributed by atoms with Crippen LogP contribution in [0.5, 0.6) is 11.5 Å². The number of benzene rings is 1. The van der Waals surface area contributed by atoms with Crippen LogP contribution in [0.3, 0.4) is 0 Å². The molecular weight excluding hydrogens is 389 g/mol. The van der Waals surface area contributed by atoms with Gasteiger partial charge >= 0.3 is 0 Å². The van der Waals surface area contributed by atoms with Gasteiger partial charge in [0.1, 0.15) is 24.3 Å². The van der Waals surface area contributed by atoms with Crippen molar-refractivity contribution in [3.63, 3.8) is 0 Å². The van der Waals surface area contributed by atoms with E-state index < -0.39 is 6.17 Å². The SMILES string of the molecule is CCCCCCCCCCOc1ccc(-c2ccc(OCC(F)CCCC)cn2)cc1. The largest absolute Gasteiger partial charge is 0.494 e. The summed E-state index contributed by atoms with van der Waals surface area (Å²) in [4.78, 5) is 4.45. The molecule has 0 fully saturated rings. The van der Waals surface area contributed by atoms with Gasteiger partial charge in [0.25, 0.3) is 0 Å². The minimum Gasteiger partial charge on any atom is -0.494 e. The van der Waals surface area contributed by atoms with Gasteiger partial charge in [-0.15, -0.1) is 0 Å². The molecule has 0 amide bonds. The molecule has 1 atom stereocenters. The molecule has 172 valence electrons. The minimum absolute atomic E-state index is 0.0892. The number of unbranched alkanes of at least 4 members (excludes halogenated alkanes) is 8. The van der Waals surface area contributed by atoms with Gasteiger partial charge in [-0.05, 0) is 49.2 Å². The van der Waals surface area contributed by atoms with Crippen LogP contribution >= 0.6 is 0 Å². The van der Waals surface area contributed by atoms with Crippen LogP contribution in [-0.2, 0) is 0 Å². The molecular formula is C27H40FNO2. The molecule has 1 heterocycles. The molecule has 0 N–H and O–H groups in total. The van der Waals surface area contributed by atoms with Crippen LogP contribution in [0.1, 0.15) is 84.5 Å². The highest BCUT2D eigenvalue weighted by molar-refractivity contribution is 5.60. The third-order valence-corrected chi connectivity index (χ3v) is 5.45. The Kier molecular flexibility index (Phi) is 12.7. The number of alkyl halides is 1. The summed E-state index contributed by atoms with van der Waals surface area (Å²) in [6.07, 6.45) is 13.6. The lowest BCUT2D eigenvalue weighted by Gasteiger charge is -2.10. The number of aromatic nitrogens is 1. The molecule has 1 aromatic carbocycles. The van der Waals surface area contributed by atoms with Gasteiger partial charge in [0.15, 0.2) is 0 Å². The van der Waals surface area contributed by atoms with Gasteiger partial charge in [-0.25, -0.2) is 4.39 Å². The van der Waals surface area contributed by atoms with Gasteiger partial charge in [0.2, 0.25) is 0 Å². The Morgan fingerprint density at radius 2 is 1.39 bits per heavy atom. The van der Waals surface area contributed by atoms with Crippen LogP contribution in [0.4, 0.5) is 4.39 Å². The second kappa shape index (κ2) is 15.7. The fourth-order valence-electron chi connectivity index (χ4n) is 3.48. The predicted octanol–water partition coefficient (Wildman–Crippen LogP) is 8.18. The number of hydrogen-bond acceptors (Lipinski definition) is 3. The summed E-state index contributed by atoms with van der Waals surface area (Å²) in [5.74, 6) is 1.50. The zero-order valence-electron chi connectivity index (χ0n) is 19.5. The van der Waals surface area contributed by atoms with Gasteiger partial charge in [0, 0.05) is 5.56 Å². The topological polar surface area (TPSA) is 31.4 Å². The van der Waals surface area contributed by atoms with Crippen LogP contribution in [0, 0.1) is 0 Å². The maximum atomic E-state index is 13.7. The number of halogens is 1. The van der Waals surface area contributed by atoms with Crippen molar-refractivity contribution in [3.05, 3.63) is 42.6 Å². The van der Waals surface area contributed by atoms with Crippen LogP contribution in [-0.4, -0.2) is 24.4 Å². The van der Waals surface area contributed by atoms with E-state index in [-0.39, 0.29) is 6.61 Å². The van der Waals surface area contributed by atoms with E-state index in [0.717, 1.165) is 42.9 Å². The summed E-state index contributed by atoms with van der Waals surface area (Å²) >= 11 is 0. The summed E-state index contributed by atoms with van der Waals surface area (Å²) in [5.41, 5.74) is 1.89. The van der Waals surface area contributed by atoms with Crippen molar-refractivity contribution in [2.24, 2.45) is 0 Å². The maximum absolute atomic E-state index is 13.7. The Labute approximate surface area is 188 Å². The number of pyridine rings is 1. The molecule has 0 saturated heterocycles. The number of nitrogens with zero attached hydrogens (tertiary/aromatic N) is 1. The fraction of sp³-hybridized carbons (Fsp3) is 0.593. The Balaban J connectivity index is 1.66. The molecule has 0 aliphatic rings. The van der Waals surface area contributed by atoms with E-state index in [4.69, 9.17) is 9.47 Å². The third-order valence-electron chi connectivity index (χ3n) is 5.45. The summed E-state index contributed by atoms with van der Waals surface area (Å²) in [6.45, 7) is 5.18. The first kappa shape index (κ1) is 25.2. The van der Waals surface area contributed by atoms with E-state index in [0.29, 0.717) is 12.2 Å². The maximum Gasteiger partial charge on any atom is 0.137 e. The molecule has 0 bridgehead atoms. The third kappa shape index (κ3) is 10.7. The highest BCUT2D eigenvalue weighted by Crippen LogP contribution is 2.23. The minimum atomic E-state index is -0.919. The van der Waals surface area contributed by atoms with Gasteiger partial charge in [-0.3, -0.25) is 4.98 Å². The molecule has 2 aromatic rings. The zero-order chi connectivity index (χ0) is 22.2. The molecule has 1 unspecified atom stereocenters. The fourth-order valence-corrected chi connectivity index (χ4v) is 3.48. The first-order chi connectivity index (χ1) is 15.2. The van der Waals surface area contributed by atoms with E-state index in [1.165, 1.54) is 44.9 Å². The van der Waals surface area contributed by atoms with Crippen molar-refractivity contribution >= 4 is 0 Å². The molecule has 0 radical (unpaired) electrons. The van der Waals surface area contributed by atoms with Crippen molar-refractivity contribution in [3.8, 4) is 22.8 Å². The average Bonchev–Trinajstić information content (AvgIpc) is 2.81. The van der Waals surface area contributed by atoms with Gasteiger partial charge in [-0.2, -0.15) is 0 Å². The first-order valence-electron chi connectivity index (χ1n) is 12.2. The quantitative estimate of drug-likeness (QED) is 0.238. The predicted molar refractivity (Wildman–Crippen MR) is 128 cm³/mol. The van der Waals surface area contributed by atoms with Crippen molar-refractivity contribution in [2.75, 3.05) is 13.2 Å². The second-order valence-corrected chi connectivity index (χ2v) is 8.28. The van der Waals surface area contributed by atoms with Gasteiger partial charge < -0.3 is 9.47 Å². The van der Waals surface area contributed by atoms with Crippen LogP contribution in [0.2, 0.25) is 0 Å². The van der Waals surface area contributed by atoms with E-state index >= 15 is 0 Å². The second-order valence-electron chi connectivity index (χ2n) is 8.28. The summed E-state index contributed by atoms with van der Waals surface area (Å²) in [5, 5.41) is 0. The molecule has 2 rings (SSSR count). The molecule has 0 spiro atoms. The molecule has 0 saturated carbocycles. The van der Waals surface area contributed by atoms with E-state index in [2.05, 4.69) is 18.8 Å². The standard InChI is InChI=1S/C27H40FNO2/c1-3-5-7-8-9-10-11-12-20-30-25-16-14-23(15-17-25)27-19-18-26(21-29-27)31-22-24(28)13-6-4-2/h14-19,21,24H,3-13,20,22H2,1-2H3. The lowest BCUT2D eigenvalue weighted by atomic mass is 10.1. The Hall–Kier alpha value is -2.10. The molecule has 1 aromatic heterocycles. The number of hydrogen-bond donors (Lipinski definition) is 0. The normalized spacial score (nSPS) is 12.0. The lowest BCUT2D eigenvalue weighted by molar-refractivity contribution is 0.184. The lowest BCUT2D eigenvalue weighted by Crippen LogP contribution is -2.12. The van der Waals surface area contributed by atoms with Crippen molar-refractivity contribution < 1.29 is 13.9 Å². The van der Waals surface area contributed by atoms with E-state index in [1.54, 1.807) is 6.20 Å². The molecule has 31 heavy (non-hydrogen) atoms. The highest BCUT2D eigenvalue weighted by atomic mass is 19.1. The van der Waals surface area contributed by atoms with Crippen LogP contribution in [0.25, 0.3) is 11.3 Å². The monoisotopic (exact) mass is 429 g/mol. The van der Waals surface area contributed by atoms with E-state index in [1.807, 2.05) is 36.4 Å². The summed E-state index contributed by atoms with van der Waals surface area (Å²) in [7, 11) is 0. The van der Waals surface area contributed by atoms with Crippen molar-refractivity contribution in [2.45, 2.75) is 90.6 Å². The Bertz CT molecular complexity index is 687. The Morgan fingerprint density at radius 3 is 2.03 bits per heavy atom. The van der Waals surface area contributed by atoms with E-state index in [9.17, 15) is 4.39 Å². The highest BCUT2D eigenvalue weighted by Gasteiger charge is 2.07. The average molecular weight is 430 g/mol. The van der Waals surface area contributed by atoms with Gasteiger partial charge in [-0.1, -0.05) is 71.6 Å². The van der Waals surface area contributed by atoms with Crippen LogP contribution < -0.4 is 9.47 Å².